The number of nitrogens with one attached hydrogen (secondary N) is 1. The first-order valence-electron chi connectivity index (χ1n) is 7.67. The number of aromatic hydroxyl groups is 1. The van der Waals surface area contributed by atoms with Gasteiger partial charge in [0.15, 0.2) is 0 Å². The van der Waals surface area contributed by atoms with Crippen LogP contribution in [-0.2, 0) is 0 Å². The molecule has 25 heavy (non-hydrogen) atoms. The Morgan fingerprint density at radius 1 is 1.08 bits per heavy atom. The van der Waals surface area contributed by atoms with Crippen LogP contribution in [0.15, 0.2) is 60.2 Å². The Morgan fingerprint density at radius 2 is 1.92 bits per heavy atom. The molecule has 0 aliphatic carbocycles. The van der Waals surface area contributed by atoms with Gasteiger partial charge < -0.3 is 15.2 Å². The molecule has 2 aromatic heterocycles. The largest absolute Gasteiger partial charge is 0.508 e. The third-order valence-electron chi connectivity index (χ3n) is 3.88. The lowest BCUT2D eigenvalue weighted by Gasteiger charge is -2.09. The molecule has 0 saturated heterocycles. The number of thiophene rings is 1. The molecule has 4 aromatic rings. The average Bonchev–Trinajstić information content (AvgIpc) is 3.07. The second kappa shape index (κ2) is 6.41. The molecular weight excluding hydrogens is 334 g/mol. The van der Waals surface area contributed by atoms with E-state index in [1.807, 2.05) is 30.3 Å². The Bertz CT molecular complexity index is 1030. The summed E-state index contributed by atoms with van der Waals surface area (Å²) in [7, 11) is 1.65. The van der Waals surface area contributed by atoms with Crippen molar-refractivity contribution < 1.29 is 9.84 Å². The Morgan fingerprint density at radius 3 is 2.68 bits per heavy atom. The number of hydrogen-bond donors (Lipinski definition) is 2. The number of fused-ring (bicyclic) bond motifs is 1. The maximum absolute atomic E-state index is 9.66. The van der Waals surface area contributed by atoms with Gasteiger partial charge in [-0.1, -0.05) is 18.2 Å². The summed E-state index contributed by atoms with van der Waals surface area (Å²) in [6.07, 6.45) is 1.54. The lowest BCUT2D eigenvalue weighted by atomic mass is 10.1. The predicted molar refractivity (Wildman–Crippen MR) is 101 cm³/mol. The highest BCUT2D eigenvalue weighted by atomic mass is 32.1. The minimum Gasteiger partial charge on any atom is -0.508 e. The van der Waals surface area contributed by atoms with E-state index >= 15 is 0 Å². The van der Waals surface area contributed by atoms with Gasteiger partial charge in [-0.15, -0.1) is 11.3 Å². The van der Waals surface area contributed by atoms with E-state index in [1.54, 1.807) is 43.0 Å². The van der Waals surface area contributed by atoms with Crippen LogP contribution >= 0.6 is 11.3 Å². The minimum atomic E-state index is 0.205. The summed E-state index contributed by atoms with van der Waals surface area (Å²) in [5.74, 6) is 1.73. The van der Waals surface area contributed by atoms with Gasteiger partial charge >= 0.3 is 0 Å². The smallest absolute Gasteiger partial charge is 0.143 e. The first-order valence-corrected chi connectivity index (χ1v) is 8.55. The maximum Gasteiger partial charge on any atom is 0.143 e. The highest BCUT2D eigenvalue weighted by Crippen LogP contribution is 2.38. The molecule has 0 saturated carbocycles. The van der Waals surface area contributed by atoms with Crippen LogP contribution in [0.2, 0.25) is 0 Å². The lowest BCUT2D eigenvalue weighted by molar-refractivity contribution is 0.415. The molecule has 4 rings (SSSR count). The van der Waals surface area contributed by atoms with Crippen LogP contribution in [0.5, 0.6) is 11.5 Å². The Hall–Kier alpha value is -3.12. The fourth-order valence-electron chi connectivity index (χ4n) is 2.67. The van der Waals surface area contributed by atoms with Crippen molar-refractivity contribution in [2.24, 2.45) is 0 Å². The molecule has 0 atom stereocenters. The standard InChI is InChI=1S/C19H15N3O2S/c1-24-15-7-5-12(6-8-15)16-10-25-19-17(16)18(20-11-21-19)22-13-3-2-4-14(23)9-13/h2-11,23H,1H3,(H,20,21,22). The van der Waals surface area contributed by atoms with Gasteiger partial charge in [0.05, 0.1) is 12.5 Å². The van der Waals surface area contributed by atoms with Crippen molar-refractivity contribution in [1.29, 1.82) is 0 Å². The number of anilines is 2. The number of methoxy groups -OCH3 is 1. The van der Waals surface area contributed by atoms with Gasteiger partial charge in [0.1, 0.15) is 28.5 Å². The molecule has 2 aromatic carbocycles. The minimum absolute atomic E-state index is 0.205. The van der Waals surface area contributed by atoms with Crippen LogP contribution in [-0.4, -0.2) is 22.2 Å². The van der Waals surface area contributed by atoms with Crippen LogP contribution < -0.4 is 10.1 Å². The quantitative estimate of drug-likeness (QED) is 0.553. The average molecular weight is 349 g/mol. The van der Waals surface area contributed by atoms with Gasteiger partial charge in [-0.25, -0.2) is 9.97 Å². The summed E-state index contributed by atoms with van der Waals surface area (Å²) in [4.78, 5) is 9.68. The molecular formula is C19H15N3O2S. The van der Waals surface area contributed by atoms with Crippen LogP contribution in [0.4, 0.5) is 11.5 Å². The van der Waals surface area contributed by atoms with Crippen LogP contribution in [0, 0.1) is 0 Å². The third-order valence-corrected chi connectivity index (χ3v) is 4.77. The van der Waals surface area contributed by atoms with Gasteiger partial charge in [-0.2, -0.15) is 0 Å². The highest BCUT2D eigenvalue weighted by Gasteiger charge is 2.13. The number of aromatic nitrogens is 2. The monoisotopic (exact) mass is 349 g/mol. The first kappa shape index (κ1) is 15.4. The molecule has 0 fully saturated rings. The zero-order chi connectivity index (χ0) is 17.2. The third kappa shape index (κ3) is 2.99. The van der Waals surface area contributed by atoms with Gasteiger partial charge in [0.25, 0.3) is 0 Å². The van der Waals surface area contributed by atoms with E-state index in [0.717, 1.165) is 32.8 Å². The van der Waals surface area contributed by atoms with E-state index < -0.39 is 0 Å². The lowest BCUT2D eigenvalue weighted by Crippen LogP contribution is -1.95. The summed E-state index contributed by atoms with van der Waals surface area (Å²) in [5.41, 5.74) is 2.90. The topological polar surface area (TPSA) is 67.3 Å². The molecule has 0 bridgehead atoms. The SMILES string of the molecule is COc1ccc(-c2csc3ncnc(Nc4cccc(O)c4)c23)cc1. The van der Waals surface area contributed by atoms with Crippen molar-refractivity contribution >= 4 is 33.1 Å². The van der Waals surface area contributed by atoms with E-state index in [4.69, 9.17) is 4.74 Å². The fraction of sp³-hybridized carbons (Fsp3) is 0.0526. The predicted octanol–water partition coefficient (Wildman–Crippen LogP) is 4.82. The molecule has 0 spiro atoms. The van der Waals surface area contributed by atoms with Crippen molar-refractivity contribution in [3.8, 4) is 22.6 Å². The van der Waals surface area contributed by atoms with Crippen molar-refractivity contribution in [2.75, 3.05) is 12.4 Å². The van der Waals surface area contributed by atoms with E-state index in [0.29, 0.717) is 5.82 Å². The van der Waals surface area contributed by atoms with Gasteiger partial charge in [-0.3, -0.25) is 0 Å². The van der Waals surface area contributed by atoms with Gasteiger partial charge in [0, 0.05) is 22.7 Å². The zero-order valence-electron chi connectivity index (χ0n) is 13.4. The molecule has 6 heteroatoms. The Labute approximate surface area is 148 Å². The molecule has 0 radical (unpaired) electrons. The summed E-state index contributed by atoms with van der Waals surface area (Å²) in [5, 5.41) is 16.0. The molecule has 5 nitrogen and oxygen atoms in total. The van der Waals surface area contributed by atoms with Crippen molar-refractivity contribution in [1.82, 2.24) is 9.97 Å². The normalized spacial score (nSPS) is 10.8. The van der Waals surface area contributed by atoms with Crippen LogP contribution in [0.3, 0.4) is 0 Å². The molecule has 0 amide bonds. The van der Waals surface area contributed by atoms with Crippen molar-refractivity contribution in [3.05, 3.63) is 60.2 Å². The van der Waals surface area contributed by atoms with Gasteiger partial charge in [-0.05, 0) is 29.8 Å². The fourth-order valence-corrected chi connectivity index (χ4v) is 3.59. The van der Waals surface area contributed by atoms with E-state index in [2.05, 4.69) is 20.7 Å². The molecule has 2 N–H and O–H groups in total. The number of phenolic OH excluding ortho intramolecular Hbond substituents is 1. The Kier molecular flexibility index (Phi) is 3.95. The van der Waals surface area contributed by atoms with Gasteiger partial charge in [0.2, 0.25) is 0 Å². The Balaban J connectivity index is 1.81. The van der Waals surface area contributed by atoms with E-state index in [1.165, 1.54) is 0 Å². The first-order chi connectivity index (χ1) is 12.2. The number of nitrogens with zero attached hydrogens (tertiary/aromatic N) is 2. The summed E-state index contributed by atoms with van der Waals surface area (Å²) in [6.45, 7) is 0. The zero-order valence-corrected chi connectivity index (χ0v) is 14.2. The van der Waals surface area contributed by atoms with E-state index in [-0.39, 0.29) is 5.75 Å². The second-order valence-electron chi connectivity index (χ2n) is 5.46. The number of rotatable bonds is 4. The number of ether oxygens (including phenoxy) is 1. The van der Waals surface area contributed by atoms with Crippen LogP contribution in [0.25, 0.3) is 21.3 Å². The molecule has 0 unspecified atom stereocenters. The highest BCUT2D eigenvalue weighted by molar-refractivity contribution is 7.17. The number of phenols is 1. The summed E-state index contributed by atoms with van der Waals surface area (Å²) < 4.78 is 5.23. The van der Waals surface area contributed by atoms with Crippen molar-refractivity contribution in [2.45, 2.75) is 0 Å². The molecule has 124 valence electrons. The van der Waals surface area contributed by atoms with E-state index in [9.17, 15) is 5.11 Å². The molecule has 0 aliphatic rings. The number of benzene rings is 2. The summed E-state index contributed by atoms with van der Waals surface area (Å²) in [6, 6.07) is 14.9. The second-order valence-corrected chi connectivity index (χ2v) is 6.31. The van der Waals surface area contributed by atoms with Crippen molar-refractivity contribution in [3.63, 3.8) is 0 Å². The number of hydrogen-bond acceptors (Lipinski definition) is 6. The summed E-state index contributed by atoms with van der Waals surface area (Å²) >= 11 is 1.57. The molecule has 0 aliphatic heterocycles. The van der Waals surface area contributed by atoms with Crippen LogP contribution in [0.1, 0.15) is 0 Å². The maximum atomic E-state index is 9.66. The molecule has 2 heterocycles.